The molecule has 0 radical (unpaired) electrons. The number of rotatable bonds is 39. The molecule has 0 rings (SSSR count). The van der Waals surface area contributed by atoms with Gasteiger partial charge < -0.3 is 24.6 Å². The van der Waals surface area contributed by atoms with Crippen LogP contribution in [0.25, 0.3) is 0 Å². The van der Waals surface area contributed by atoms with E-state index in [1.807, 2.05) is 0 Å². The van der Waals surface area contributed by atoms with Crippen molar-refractivity contribution in [3.8, 4) is 0 Å². The fraction of sp³-hybridized carbons (Fsp3) is 0.854. The zero-order chi connectivity index (χ0) is 38.4. The number of carbonyl (C=O) groups is 2. The highest BCUT2D eigenvalue weighted by Gasteiger charge is 2.27. The molecular weight excluding hydrogens is 683 g/mol. The summed E-state index contributed by atoms with van der Waals surface area (Å²) in [4.78, 5) is 34.9. The molecule has 1 unspecified atom stereocenters. The Labute approximate surface area is 317 Å². The maximum absolute atomic E-state index is 12.6. The topological polar surface area (TPSA) is 149 Å². The van der Waals surface area contributed by atoms with E-state index in [4.69, 9.17) is 19.1 Å². The van der Waals surface area contributed by atoms with Crippen molar-refractivity contribution < 1.29 is 47.8 Å². The lowest BCUT2D eigenvalue weighted by molar-refractivity contribution is -0.161. The number of phosphoric ester groups is 1. The lowest BCUT2D eigenvalue weighted by Gasteiger charge is -2.20. The van der Waals surface area contributed by atoms with Gasteiger partial charge in [0.2, 0.25) is 0 Å². The minimum Gasteiger partial charge on any atom is -0.462 e. The molecule has 0 fully saturated rings. The van der Waals surface area contributed by atoms with Crippen LogP contribution in [-0.2, 0) is 32.7 Å². The van der Waals surface area contributed by atoms with Gasteiger partial charge in [-0.05, 0) is 38.5 Å². The molecule has 0 bridgehead atoms. The summed E-state index contributed by atoms with van der Waals surface area (Å²) >= 11 is 0. The van der Waals surface area contributed by atoms with Crippen LogP contribution < -0.4 is 0 Å². The first-order valence-electron chi connectivity index (χ1n) is 20.8. The molecule has 0 aliphatic heterocycles. The number of carbonyl (C=O) groups excluding carboxylic acids is 2. The van der Waals surface area contributed by atoms with Crippen LogP contribution in [0.15, 0.2) is 24.3 Å². The molecule has 0 spiro atoms. The normalized spacial score (nSPS) is 14.2. The smallest absolute Gasteiger partial charge is 0.462 e. The molecular formula is C41H77O10P. The minimum atomic E-state index is -4.61. The lowest BCUT2D eigenvalue weighted by atomic mass is 10.0. The highest BCUT2D eigenvalue weighted by Crippen LogP contribution is 2.43. The molecule has 0 aromatic rings. The Bertz CT molecular complexity index is 925. The van der Waals surface area contributed by atoms with E-state index in [-0.39, 0.29) is 19.4 Å². The number of esters is 2. The predicted molar refractivity (Wildman–Crippen MR) is 210 cm³/mol. The molecule has 0 aromatic carbocycles. The summed E-state index contributed by atoms with van der Waals surface area (Å²) in [5.74, 6) is -0.935. The van der Waals surface area contributed by atoms with Gasteiger partial charge in [0.05, 0.1) is 19.8 Å². The van der Waals surface area contributed by atoms with Crippen molar-refractivity contribution in [3.05, 3.63) is 24.3 Å². The molecule has 0 aromatic heterocycles. The zero-order valence-corrected chi connectivity index (χ0v) is 33.9. The van der Waals surface area contributed by atoms with Gasteiger partial charge in [0, 0.05) is 12.8 Å². The van der Waals surface area contributed by atoms with E-state index in [0.29, 0.717) is 12.8 Å². The SMILES string of the molecule is CCCC/C=C\C/C=C\CCCCCCCC(=O)OC[C@H](COP(=O)(O)OC[C@@H](O)CO)OC(=O)CCCCCCCCCCCCCCCCC. The number of aliphatic hydroxyl groups is 2. The third-order valence-electron chi connectivity index (χ3n) is 8.86. The quantitative estimate of drug-likeness (QED) is 0.0239. The van der Waals surface area contributed by atoms with Crippen LogP contribution in [0.4, 0.5) is 0 Å². The summed E-state index contributed by atoms with van der Waals surface area (Å²) in [5.41, 5.74) is 0. The molecule has 3 atom stereocenters. The minimum absolute atomic E-state index is 0.185. The summed E-state index contributed by atoms with van der Waals surface area (Å²) in [6.45, 7) is 2.33. The van der Waals surface area contributed by atoms with Crippen LogP contribution in [-0.4, -0.2) is 65.7 Å². The highest BCUT2D eigenvalue weighted by molar-refractivity contribution is 7.47. The van der Waals surface area contributed by atoms with E-state index in [9.17, 15) is 24.2 Å². The number of ether oxygens (including phenoxy) is 2. The van der Waals surface area contributed by atoms with Crippen LogP contribution in [0.2, 0.25) is 0 Å². The Kier molecular flexibility index (Phi) is 36.6. The molecule has 10 nitrogen and oxygen atoms in total. The molecule has 11 heteroatoms. The van der Waals surface area contributed by atoms with Gasteiger partial charge in [-0.25, -0.2) is 4.57 Å². The average Bonchev–Trinajstić information content (AvgIpc) is 3.13. The number of unbranched alkanes of at least 4 members (excludes halogenated alkanes) is 21. The molecule has 0 saturated heterocycles. The summed E-state index contributed by atoms with van der Waals surface area (Å²) < 4.78 is 32.6. The van der Waals surface area contributed by atoms with E-state index in [1.54, 1.807) is 0 Å². The van der Waals surface area contributed by atoms with Crippen LogP contribution in [0.3, 0.4) is 0 Å². The zero-order valence-electron chi connectivity index (χ0n) is 33.0. The second kappa shape index (κ2) is 37.8. The van der Waals surface area contributed by atoms with Crippen LogP contribution in [0.5, 0.6) is 0 Å². The molecule has 0 aliphatic rings. The second-order valence-corrected chi connectivity index (χ2v) is 15.5. The van der Waals surface area contributed by atoms with Crippen molar-refractivity contribution in [2.45, 2.75) is 199 Å². The molecule has 3 N–H and O–H groups in total. The molecule has 306 valence electrons. The van der Waals surface area contributed by atoms with Crippen molar-refractivity contribution in [2.75, 3.05) is 26.4 Å². The van der Waals surface area contributed by atoms with Crippen LogP contribution in [0.1, 0.15) is 187 Å². The van der Waals surface area contributed by atoms with Gasteiger partial charge in [-0.15, -0.1) is 0 Å². The van der Waals surface area contributed by atoms with Crippen molar-refractivity contribution in [1.82, 2.24) is 0 Å². The predicted octanol–water partition coefficient (Wildman–Crippen LogP) is 10.6. The Balaban J connectivity index is 4.32. The molecule has 52 heavy (non-hydrogen) atoms. The van der Waals surface area contributed by atoms with E-state index >= 15 is 0 Å². The van der Waals surface area contributed by atoms with Gasteiger partial charge in [-0.3, -0.25) is 18.6 Å². The van der Waals surface area contributed by atoms with Gasteiger partial charge in [0.1, 0.15) is 12.7 Å². The van der Waals surface area contributed by atoms with E-state index in [0.717, 1.165) is 64.2 Å². The van der Waals surface area contributed by atoms with E-state index < -0.39 is 51.8 Å². The van der Waals surface area contributed by atoms with Crippen molar-refractivity contribution in [3.63, 3.8) is 0 Å². The first kappa shape index (κ1) is 50.5. The summed E-state index contributed by atoms with van der Waals surface area (Å²) in [5, 5.41) is 18.3. The molecule has 0 aliphatic carbocycles. The molecule has 0 heterocycles. The van der Waals surface area contributed by atoms with Crippen molar-refractivity contribution in [1.29, 1.82) is 0 Å². The summed E-state index contributed by atoms with van der Waals surface area (Å²) in [6.07, 6.45) is 35.7. The summed E-state index contributed by atoms with van der Waals surface area (Å²) in [6, 6.07) is 0. The Morgan fingerprint density at radius 1 is 0.577 bits per heavy atom. The maximum atomic E-state index is 12.6. The van der Waals surface area contributed by atoms with Gasteiger partial charge in [-0.2, -0.15) is 0 Å². The number of hydrogen-bond acceptors (Lipinski definition) is 9. The van der Waals surface area contributed by atoms with E-state index in [2.05, 4.69) is 42.7 Å². The highest BCUT2D eigenvalue weighted by atomic mass is 31.2. The second-order valence-electron chi connectivity index (χ2n) is 14.0. The molecule has 0 amide bonds. The fourth-order valence-electron chi connectivity index (χ4n) is 5.60. The van der Waals surface area contributed by atoms with Gasteiger partial charge in [0.15, 0.2) is 6.10 Å². The largest absolute Gasteiger partial charge is 0.472 e. The van der Waals surface area contributed by atoms with Crippen molar-refractivity contribution >= 4 is 19.8 Å². The Morgan fingerprint density at radius 3 is 1.54 bits per heavy atom. The standard InChI is InChI=1S/C41H77O10P/c1-3-5-7-9-11-13-15-17-19-21-23-25-27-29-31-33-41(45)51-39(37-50-52(46,47)49-35-38(43)34-42)36-48-40(44)32-30-28-26-24-22-20-18-16-14-12-10-8-6-4-2/h10,12,16,18,38-39,42-43H,3-9,11,13-15,17,19-37H2,1-2H3,(H,46,47)/b12-10-,18-16-/t38-,39+/m0/s1. The molecule has 0 saturated carbocycles. The third-order valence-corrected chi connectivity index (χ3v) is 9.81. The number of aliphatic hydroxyl groups excluding tert-OH is 2. The van der Waals surface area contributed by atoms with Crippen molar-refractivity contribution in [2.24, 2.45) is 0 Å². The Hall–Kier alpha value is -1.55. The number of hydrogen-bond donors (Lipinski definition) is 3. The van der Waals surface area contributed by atoms with Gasteiger partial charge >= 0.3 is 19.8 Å². The number of allylic oxidation sites excluding steroid dienone is 4. The van der Waals surface area contributed by atoms with E-state index in [1.165, 1.54) is 83.5 Å². The van der Waals surface area contributed by atoms with Crippen LogP contribution >= 0.6 is 7.82 Å². The van der Waals surface area contributed by atoms with Crippen LogP contribution in [0, 0.1) is 0 Å². The third kappa shape index (κ3) is 36.8. The average molecular weight is 761 g/mol. The Morgan fingerprint density at radius 2 is 1.02 bits per heavy atom. The number of phosphoric acid groups is 1. The van der Waals surface area contributed by atoms with Gasteiger partial charge in [0.25, 0.3) is 0 Å². The monoisotopic (exact) mass is 761 g/mol. The maximum Gasteiger partial charge on any atom is 0.472 e. The lowest BCUT2D eigenvalue weighted by Crippen LogP contribution is -2.29. The van der Waals surface area contributed by atoms with Gasteiger partial charge in [-0.1, -0.05) is 160 Å². The first-order chi connectivity index (χ1) is 25.2. The first-order valence-corrected chi connectivity index (χ1v) is 22.3. The fourth-order valence-corrected chi connectivity index (χ4v) is 6.39. The summed E-state index contributed by atoms with van der Waals surface area (Å²) in [7, 11) is -4.61.